The smallest absolute Gasteiger partial charge is 0.259 e. The van der Waals surface area contributed by atoms with E-state index in [4.69, 9.17) is 9.47 Å². The maximum absolute atomic E-state index is 13.5. The fourth-order valence-corrected chi connectivity index (χ4v) is 4.17. The lowest BCUT2D eigenvalue weighted by molar-refractivity contribution is 0.0983. The van der Waals surface area contributed by atoms with Crippen LogP contribution in [0.25, 0.3) is 0 Å². The number of rotatable bonds is 5. The first-order valence-corrected chi connectivity index (χ1v) is 11.1. The molecule has 8 heteroatoms. The second kappa shape index (κ2) is 9.34. The predicted molar refractivity (Wildman–Crippen MR) is 132 cm³/mol. The van der Waals surface area contributed by atoms with Gasteiger partial charge in [0.25, 0.3) is 11.8 Å². The van der Waals surface area contributed by atoms with Gasteiger partial charge in [-0.3, -0.25) is 14.3 Å². The summed E-state index contributed by atoms with van der Waals surface area (Å²) in [5.74, 6) is 0.562. The molecule has 0 fully saturated rings. The molecule has 4 aromatic rings. The molecule has 0 bridgehead atoms. The van der Waals surface area contributed by atoms with Crippen molar-refractivity contribution in [2.45, 2.75) is 13.1 Å². The number of carbonyl (C=O) groups is 2. The number of nitrogens with zero attached hydrogens (tertiary/aromatic N) is 3. The molecule has 1 aliphatic rings. The van der Waals surface area contributed by atoms with E-state index < -0.39 is 0 Å². The van der Waals surface area contributed by atoms with Crippen molar-refractivity contribution in [3.05, 3.63) is 101 Å². The molecule has 2 heterocycles. The highest BCUT2D eigenvalue weighted by Gasteiger charge is 2.25. The molecule has 0 aliphatic carbocycles. The molecule has 0 saturated heterocycles. The molecule has 0 spiro atoms. The first-order valence-electron chi connectivity index (χ1n) is 11.1. The van der Waals surface area contributed by atoms with E-state index in [1.54, 1.807) is 60.7 Å². The summed E-state index contributed by atoms with van der Waals surface area (Å²) in [5.41, 5.74) is 4.33. The lowest BCUT2D eigenvalue weighted by atomic mass is 10.1. The van der Waals surface area contributed by atoms with Crippen molar-refractivity contribution in [1.82, 2.24) is 9.78 Å². The number of ether oxygens (including phenoxy) is 2. The van der Waals surface area contributed by atoms with E-state index in [-0.39, 0.29) is 11.8 Å². The van der Waals surface area contributed by atoms with Crippen molar-refractivity contribution in [2.24, 2.45) is 0 Å². The predicted octanol–water partition coefficient (Wildman–Crippen LogP) is 4.36. The van der Waals surface area contributed by atoms with Crippen molar-refractivity contribution in [3.63, 3.8) is 0 Å². The van der Waals surface area contributed by atoms with Crippen molar-refractivity contribution in [1.29, 1.82) is 0 Å². The Morgan fingerprint density at radius 1 is 0.914 bits per heavy atom. The Labute approximate surface area is 202 Å². The molecule has 8 nitrogen and oxygen atoms in total. The molecule has 35 heavy (non-hydrogen) atoms. The first kappa shape index (κ1) is 22.2. The molecule has 0 radical (unpaired) electrons. The fourth-order valence-electron chi connectivity index (χ4n) is 4.17. The first-order chi connectivity index (χ1) is 17.1. The van der Waals surface area contributed by atoms with Crippen LogP contribution in [-0.2, 0) is 13.1 Å². The highest BCUT2D eigenvalue weighted by atomic mass is 16.5. The van der Waals surface area contributed by atoms with E-state index in [1.165, 1.54) is 7.11 Å². The van der Waals surface area contributed by atoms with Crippen LogP contribution < -0.4 is 19.7 Å². The molecule has 1 aliphatic heterocycles. The van der Waals surface area contributed by atoms with E-state index in [0.717, 1.165) is 16.9 Å². The molecule has 0 saturated carbocycles. The van der Waals surface area contributed by atoms with Gasteiger partial charge in [0.05, 0.1) is 38.6 Å². The number of amides is 2. The van der Waals surface area contributed by atoms with Crippen molar-refractivity contribution in [2.75, 3.05) is 24.4 Å². The maximum atomic E-state index is 13.5. The Kier molecular flexibility index (Phi) is 5.93. The summed E-state index contributed by atoms with van der Waals surface area (Å²) in [6.45, 7) is 1.04. The number of para-hydroxylation sites is 1. The van der Waals surface area contributed by atoms with Gasteiger partial charge in [0.15, 0.2) is 0 Å². The summed E-state index contributed by atoms with van der Waals surface area (Å²) in [5, 5.41) is 7.25. The van der Waals surface area contributed by atoms with Crippen molar-refractivity contribution < 1.29 is 19.1 Å². The third kappa shape index (κ3) is 4.33. The zero-order valence-electron chi connectivity index (χ0n) is 19.4. The van der Waals surface area contributed by atoms with Crippen molar-refractivity contribution in [3.8, 4) is 11.5 Å². The minimum atomic E-state index is -0.321. The Hall–Kier alpha value is -4.59. The third-order valence-corrected chi connectivity index (χ3v) is 6.02. The van der Waals surface area contributed by atoms with Crippen LogP contribution in [0.2, 0.25) is 0 Å². The highest BCUT2D eigenvalue weighted by Crippen LogP contribution is 2.29. The number of nitrogens with one attached hydrogen (secondary N) is 1. The standard InChI is InChI=1S/C27H24N4O4/c1-34-22-11-12-23(25(15-22)35-2)26(32)29-20-9-7-18(8-10-20)27(33)30-17-21-13-14-28-31(21)16-19-5-3-4-6-24(19)30/h3-15H,16-17H2,1-2H3,(H,29,32). The average molecular weight is 469 g/mol. The SMILES string of the molecule is COc1ccc(C(=O)Nc2ccc(C(=O)N3Cc4ccnn4Cc4ccccc43)cc2)c(OC)c1. The van der Waals surface area contributed by atoms with Gasteiger partial charge in [-0.1, -0.05) is 18.2 Å². The summed E-state index contributed by atoms with van der Waals surface area (Å²) in [6.07, 6.45) is 1.75. The Bertz CT molecular complexity index is 1390. The van der Waals surface area contributed by atoms with Gasteiger partial charge in [-0.05, 0) is 54.1 Å². The molecule has 1 aromatic heterocycles. The van der Waals surface area contributed by atoms with Gasteiger partial charge in [0.2, 0.25) is 0 Å². The van der Waals surface area contributed by atoms with E-state index in [2.05, 4.69) is 10.4 Å². The van der Waals surface area contributed by atoms with Crippen LogP contribution >= 0.6 is 0 Å². The van der Waals surface area contributed by atoms with Gasteiger partial charge in [0, 0.05) is 29.2 Å². The van der Waals surface area contributed by atoms with Crippen LogP contribution in [-0.4, -0.2) is 35.8 Å². The fraction of sp³-hybridized carbons (Fsp3) is 0.148. The molecule has 176 valence electrons. The van der Waals surface area contributed by atoms with E-state index >= 15 is 0 Å². The number of fused-ring (bicyclic) bond motifs is 2. The Morgan fingerprint density at radius 2 is 1.71 bits per heavy atom. The van der Waals surface area contributed by atoms with Gasteiger partial charge >= 0.3 is 0 Å². The zero-order valence-corrected chi connectivity index (χ0v) is 19.4. The van der Waals surface area contributed by atoms with Gasteiger partial charge < -0.3 is 19.7 Å². The van der Waals surface area contributed by atoms with Crippen molar-refractivity contribution >= 4 is 23.2 Å². The largest absolute Gasteiger partial charge is 0.497 e. The topological polar surface area (TPSA) is 85.7 Å². The Balaban J connectivity index is 1.36. The molecule has 2 amide bonds. The monoisotopic (exact) mass is 468 g/mol. The lowest BCUT2D eigenvalue weighted by Crippen LogP contribution is -2.30. The molecule has 1 N–H and O–H groups in total. The molecular weight excluding hydrogens is 444 g/mol. The average Bonchev–Trinajstić information content (AvgIpc) is 3.27. The summed E-state index contributed by atoms with van der Waals surface area (Å²) >= 11 is 0. The normalized spacial score (nSPS) is 12.2. The van der Waals surface area contributed by atoms with Crippen LogP contribution in [0.1, 0.15) is 32.0 Å². The summed E-state index contributed by atoms with van der Waals surface area (Å²) in [4.78, 5) is 28.1. The molecule has 0 atom stereocenters. The third-order valence-electron chi connectivity index (χ3n) is 6.02. The van der Waals surface area contributed by atoms with E-state index in [9.17, 15) is 9.59 Å². The van der Waals surface area contributed by atoms with Gasteiger partial charge in [-0.25, -0.2) is 0 Å². The summed E-state index contributed by atoms with van der Waals surface area (Å²) < 4.78 is 12.4. The molecular formula is C27H24N4O4. The minimum absolute atomic E-state index is 0.123. The van der Waals surface area contributed by atoms with Crippen LogP contribution in [0.4, 0.5) is 11.4 Å². The number of hydrogen-bond donors (Lipinski definition) is 1. The van der Waals surface area contributed by atoms with Crippen LogP contribution in [0, 0.1) is 0 Å². The quantitative estimate of drug-likeness (QED) is 0.470. The number of methoxy groups -OCH3 is 2. The Morgan fingerprint density at radius 3 is 2.49 bits per heavy atom. The summed E-state index contributed by atoms with van der Waals surface area (Å²) in [6, 6.07) is 21.7. The van der Waals surface area contributed by atoms with Gasteiger partial charge in [0.1, 0.15) is 11.5 Å². The number of hydrogen-bond acceptors (Lipinski definition) is 5. The lowest BCUT2D eigenvalue weighted by Gasteiger charge is -2.22. The molecule has 0 unspecified atom stereocenters. The van der Waals surface area contributed by atoms with Gasteiger partial charge in [-0.15, -0.1) is 0 Å². The molecule has 5 rings (SSSR count). The van der Waals surface area contributed by atoms with E-state index in [0.29, 0.717) is 41.4 Å². The number of benzene rings is 3. The second-order valence-corrected chi connectivity index (χ2v) is 8.10. The second-order valence-electron chi connectivity index (χ2n) is 8.10. The summed E-state index contributed by atoms with van der Waals surface area (Å²) in [7, 11) is 3.05. The van der Waals surface area contributed by atoms with Crippen LogP contribution in [0.15, 0.2) is 79.0 Å². The van der Waals surface area contributed by atoms with Gasteiger partial charge in [-0.2, -0.15) is 5.10 Å². The highest BCUT2D eigenvalue weighted by molar-refractivity contribution is 6.08. The minimum Gasteiger partial charge on any atom is -0.497 e. The van der Waals surface area contributed by atoms with Crippen LogP contribution in [0.3, 0.4) is 0 Å². The maximum Gasteiger partial charge on any atom is 0.259 e. The molecule has 3 aromatic carbocycles. The van der Waals surface area contributed by atoms with E-state index in [1.807, 2.05) is 35.0 Å². The number of anilines is 2. The number of carbonyl (C=O) groups excluding carboxylic acids is 2. The zero-order chi connectivity index (χ0) is 24.4. The van der Waals surface area contributed by atoms with Crippen LogP contribution in [0.5, 0.6) is 11.5 Å². The number of aromatic nitrogens is 2.